The first kappa shape index (κ1) is 16.6. The number of fused-ring (bicyclic) bond motifs is 1. The molecule has 1 amide bonds. The van der Waals surface area contributed by atoms with E-state index in [1.54, 1.807) is 6.08 Å². The predicted molar refractivity (Wildman–Crippen MR) is 94.7 cm³/mol. The second-order valence-electron chi connectivity index (χ2n) is 6.38. The molecule has 2 aliphatic heterocycles. The Balaban J connectivity index is 1.58. The molecule has 0 aromatic heterocycles. The van der Waals surface area contributed by atoms with Crippen molar-refractivity contribution >= 4 is 28.9 Å². The van der Waals surface area contributed by atoms with E-state index in [4.69, 9.17) is 9.47 Å². The molecule has 1 N–H and O–H groups in total. The summed E-state index contributed by atoms with van der Waals surface area (Å²) >= 11 is 1.30. The number of amidine groups is 1. The van der Waals surface area contributed by atoms with E-state index in [0.29, 0.717) is 39.6 Å². The Bertz CT molecular complexity index is 757. The van der Waals surface area contributed by atoms with E-state index in [1.807, 2.05) is 0 Å². The maximum absolute atomic E-state index is 13.8. The number of hydrogen-bond donors (Lipinski definition) is 1. The fraction of sp³-hybridized carbons (Fsp3) is 0.444. The number of aliphatic imine (C=N–C) groups is 1. The quantitative estimate of drug-likeness (QED) is 0.817. The van der Waals surface area contributed by atoms with Gasteiger partial charge in [-0.15, -0.1) is 0 Å². The number of hydrogen-bond acceptors (Lipinski definition) is 5. The zero-order valence-corrected chi connectivity index (χ0v) is 14.5. The number of nitrogens with zero attached hydrogens (tertiary/aromatic N) is 1. The summed E-state index contributed by atoms with van der Waals surface area (Å²) in [6.45, 7) is 0.430. The molecule has 0 unspecified atom stereocenters. The summed E-state index contributed by atoms with van der Waals surface area (Å²) in [5.74, 6) is -0.00458. The number of benzene rings is 1. The monoisotopic (exact) mass is 362 g/mol. The van der Waals surface area contributed by atoms with Gasteiger partial charge in [0.15, 0.2) is 12.0 Å². The SMILES string of the molecule is O=C1NC(=NC2CCCCC2)SC1=Cc1cc(F)cc2c1OCOC2. The molecule has 3 aliphatic rings. The normalized spacial score (nSPS) is 24.3. The van der Waals surface area contributed by atoms with Crippen LogP contribution in [-0.4, -0.2) is 23.9 Å². The average Bonchev–Trinajstić information content (AvgIpc) is 2.95. The molecule has 0 bridgehead atoms. The first-order valence-corrected chi connectivity index (χ1v) is 9.32. The molecular weight excluding hydrogens is 343 g/mol. The van der Waals surface area contributed by atoms with Crippen LogP contribution in [-0.2, 0) is 16.1 Å². The highest BCUT2D eigenvalue weighted by Gasteiger charge is 2.26. The lowest BCUT2D eigenvalue weighted by atomic mass is 9.96. The van der Waals surface area contributed by atoms with Crippen LogP contribution in [0.3, 0.4) is 0 Å². The zero-order valence-electron chi connectivity index (χ0n) is 13.7. The lowest BCUT2D eigenvalue weighted by Crippen LogP contribution is -2.22. The van der Waals surface area contributed by atoms with Gasteiger partial charge in [-0.1, -0.05) is 19.3 Å². The number of ether oxygens (including phenoxy) is 2. The van der Waals surface area contributed by atoms with E-state index < -0.39 is 0 Å². The summed E-state index contributed by atoms with van der Waals surface area (Å²) in [5, 5.41) is 3.45. The zero-order chi connectivity index (χ0) is 17.2. The number of thioether (sulfide) groups is 1. The van der Waals surface area contributed by atoms with E-state index in [1.165, 1.54) is 43.2 Å². The van der Waals surface area contributed by atoms with Crippen LogP contribution in [0, 0.1) is 5.82 Å². The van der Waals surface area contributed by atoms with Crippen LogP contribution in [0.25, 0.3) is 6.08 Å². The predicted octanol–water partition coefficient (Wildman–Crippen LogP) is 3.58. The summed E-state index contributed by atoms with van der Waals surface area (Å²) < 4.78 is 24.5. The summed E-state index contributed by atoms with van der Waals surface area (Å²) in [6, 6.07) is 3.06. The molecule has 5 nitrogen and oxygen atoms in total. The molecular formula is C18H19FN2O3S. The summed E-state index contributed by atoms with van der Waals surface area (Å²) in [7, 11) is 0. The first-order chi connectivity index (χ1) is 12.2. The molecule has 2 heterocycles. The topological polar surface area (TPSA) is 59.9 Å². The first-order valence-electron chi connectivity index (χ1n) is 8.51. The fourth-order valence-electron chi connectivity index (χ4n) is 3.32. The van der Waals surface area contributed by atoms with Crippen LogP contribution in [0.2, 0.25) is 0 Å². The van der Waals surface area contributed by atoms with Gasteiger partial charge in [-0.25, -0.2) is 4.39 Å². The molecule has 0 spiro atoms. The number of halogens is 1. The van der Waals surface area contributed by atoms with Gasteiger partial charge in [-0.05, 0) is 42.8 Å². The number of carbonyl (C=O) groups excluding carboxylic acids is 1. The van der Waals surface area contributed by atoms with Crippen LogP contribution in [0.15, 0.2) is 22.0 Å². The fourth-order valence-corrected chi connectivity index (χ4v) is 4.20. The van der Waals surface area contributed by atoms with Crippen molar-refractivity contribution in [3.63, 3.8) is 0 Å². The van der Waals surface area contributed by atoms with E-state index in [0.717, 1.165) is 12.8 Å². The van der Waals surface area contributed by atoms with Crippen molar-refractivity contribution in [3.05, 3.63) is 34.0 Å². The van der Waals surface area contributed by atoms with E-state index >= 15 is 0 Å². The third kappa shape index (κ3) is 3.72. The van der Waals surface area contributed by atoms with Crippen LogP contribution in [0.1, 0.15) is 43.2 Å². The lowest BCUT2D eigenvalue weighted by Gasteiger charge is -2.19. The maximum Gasteiger partial charge on any atom is 0.264 e. The second-order valence-corrected chi connectivity index (χ2v) is 7.42. The maximum atomic E-state index is 13.8. The van der Waals surface area contributed by atoms with E-state index in [-0.39, 0.29) is 18.5 Å². The van der Waals surface area contributed by atoms with Crippen LogP contribution in [0.4, 0.5) is 4.39 Å². The van der Waals surface area contributed by atoms with Crippen LogP contribution >= 0.6 is 11.8 Å². The second kappa shape index (κ2) is 7.17. The van der Waals surface area contributed by atoms with Gasteiger partial charge < -0.3 is 14.8 Å². The lowest BCUT2D eigenvalue weighted by molar-refractivity contribution is -0.115. The van der Waals surface area contributed by atoms with Crippen molar-refractivity contribution in [1.29, 1.82) is 0 Å². The number of carbonyl (C=O) groups is 1. The third-order valence-electron chi connectivity index (χ3n) is 4.52. The number of amides is 1. The van der Waals surface area contributed by atoms with Crippen molar-refractivity contribution < 1.29 is 18.7 Å². The molecule has 1 aromatic rings. The molecule has 1 saturated heterocycles. The highest BCUT2D eigenvalue weighted by Crippen LogP contribution is 2.34. The Kier molecular flexibility index (Phi) is 4.76. The molecule has 1 aromatic carbocycles. The molecule has 7 heteroatoms. The Hall–Kier alpha value is -1.86. The highest BCUT2D eigenvalue weighted by molar-refractivity contribution is 8.18. The van der Waals surface area contributed by atoms with Gasteiger partial charge in [0.25, 0.3) is 5.91 Å². The van der Waals surface area contributed by atoms with Gasteiger partial charge >= 0.3 is 0 Å². The Morgan fingerprint density at radius 3 is 2.96 bits per heavy atom. The molecule has 1 saturated carbocycles. The third-order valence-corrected chi connectivity index (χ3v) is 5.44. The number of rotatable bonds is 2. The van der Waals surface area contributed by atoms with Gasteiger partial charge in [0.2, 0.25) is 0 Å². The van der Waals surface area contributed by atoms with Crippen molar-refractivity contribution in [1.82, 2.24) is 5.32 Å². The van der Waals surface area contributed by atoms with Crippen molar-refractivity contribution in [2.75, 3.05) is 6.79 Å². The van der Waals surface area contributed by atoms with Crippen LogP contribution < -0.4 is 10.1 Å². The van der Waals surface area contributed by atoms with Gasteiger partial charge in [0.1, 0.15) is 11.6 Å². The Labute approximate surface area is 149 Å². The highest BCUT2D eigenvalue weighted by atomic mass is 32.2. The molecule has 132 valence electrons. The minimum atomic E-state index is -0.376. The summed E-state index contributed by atoms with van der Waals surface area (Å²) in [6.07, 6.45) is 7.46. The summed E-state index contributed by atoms with van der Waals surface area (Å²) in [4.78, 5) is 17.4. The molecule has 2 fully saturated rings. The molecule has 4 rings (SSSR count). The number of nitrogens with one attached hydrogen (secondary N) is 1. The van der Waals surface area contributed by atoms with Gasteiger partial charge in [0.05, 0.1) is 17.6 Å². The van der Waals surface area contributed by atoms with Crippen molar-refractivity contribution in [2.45, 2.75) is 44.8 Å². The van der Waals surface area contributed by atoms with Crippen molar-refractivity contribution in [3.8, 4) is 5.75 Å². The van der Waals surface area contributed by atoms with Gasteiger partial charge in [-0.3, -0.25) is 9.79 Å². The molecule has 0 radical (unpaired) electrons. The molecule has 0 atom stereocenters. The Morgan fingerprint density at radius 1 is 1.28 bits per heavy atom. The molecule has 1 aliphatic carbocycles. The largest absolute Gasteiger partial charge is 0.467 e. The summed E-state index contributed by atoms with van der Waals surface area (Å²) in [5.41, 5.74) is 1.20. The Morgan fingerprint density at radius 2 is 2.12 bits per heavy atom. The minimum absolute atomic E-state index is 0.128. The van der Waals surface area contributed by atoms with Gasteiger partial charge in [-0.2, -0.15) is 0 Å². The van der Waals surface area contributed by atoms with Crippen molar-refractivity contribution in [2.24, 2.45) is 4.99 Å². The standard InChI is InChI=1S/C18H19FN2O3S/c19-13-6-11(16-12(7-13)9-23-10-24-16)8-15-17(22)21-18(25-15)20-14-4-2-1-3-5-14/h6-8,14H,1-5,9-10H2,(H,20,21,22). The average molecular weight is 362 g/mol. The van der Waals surface area contributed by atoms with Gasteiger partial charge in [0, 0.05) is 11.1 Å². The smallest absolute Gasteiger partial charge is 0.264 e. The molecule has 25 heavy (non-hydrogen) atoms. The van der Waals surface area contributed by atoms with E-state index in [9.17, 15) is 9.18 Å². The van der Waals surface area contributed by atoms with E-state index in [2.05, 4.69) is 10.3 Å². The minimum Gasteiger partial charge on any atom is -0.467 e. The van der Waals surface area contributed by atoms with Crippen LogP contribution in [0.5, 0.6) is 5.75 Å².